The summed E-state index contributed by atoms with van der Waals surface area (Å²) in [4.78, 5) is 38.6. The maximum Gasteiger partial charge on any atom is 0.321 e. The van der Waals surface area contributed by atoms with Gasteiger partial charge in [-0.1, -0.05) is 12.1 Å². The molecule has 1 aromatic carbocycles. The van der Waals surface area contributed by atoms with E-state index in [0.717, 1.165) is 5.56 Å². The van der Waals surface area contributed by atoms with Crippen LogP contribution < -0.4 is 22.9 Å². The number of carbonyl (C=O) groups is 4. The number of aliphatic carboxylic acids is 4. The Balaban J connectivity index is -0.000000363. The second-order valence-corrected chi connectivity index (χ2v) is 5.50. The molecule has 0 unspecified atom stereocenters. The van der Waals surface area contributed by atoms with Crippen LogP contribution in [0.4, 0.5) is 0 Å². The summed E-state index contributed by atoms with van der Waals surface area (Å²) in [6.45, 7) is -0.556. The number of benzene rings is 1. The first-order valence-electron chi connectivity index (χ1n) is 8.01. The average Bonchev–Trinajstić information content (AvgIpc) is 2.70. The zero-order valence-corrected chi connectivity index (χ0v) is 16.8. The van der Waals surface area contributed by atoms with Crippen molar-refractivity contribution in [1.82, 2.24) is 0 Å². The molecule has 1 aromatic rings. The Kier molecular flexibility index (Phi) is 20.6. The van der Waals surface area contributed by atoms with E-state index < -0.39 is 36.0 Å². The molecule has 0 radical (unpaired) electrons. The zero-order chi connectivity index (χ0) is 24.3. The van der Waals surface area contributed by atoms with Crippen molar-refractivity contribution in [2.24, 2.45) is 22.9 Å². The molecule has 0 spiro atoms. The maximum atomic E-state index is 10.4. The molecular formula is C16H28N4O9S. The van der Waals surface area contributed by atoms with Crippen molar-refractivity contribution in [3.63, 3.8) is 0 Å². The van der Waals surface area contributed by atoms with Crippen molar-refractivity contribution in [3.8, 4) is 5.75 Å². The van der Waals surface area contributed by atoms with E-state index in [4.69, 9.17) is 37.0 Å². The van der Waals surface area contributed by atoms with Gasteiger partial charge in [-0.3, -0.25) is 19.2 Å². The Morgan fingerprint density at radius 2 is 1.13 bits per heavy atom. The number of aromatic hydroxyl groups is 1. The van der Waals surface area contributed by atoms with Gasteiger partial charge >= 0.3 is 23.9 Å². The predicted molar refractivity (Wildman–Crippen MR) is 110 cm³/mol. The number of phenols is 1. The van der Waals surface area contributed by atoms with Gasteiger partial charge in [0.15, 0.2) is 0 Å². The molecule has 0 saturated carbocycles. The van der Waals surface area contributed by atoms with Crippen LogP contribution in [-0.4, -0.2) is 80.3 Å². The maximum absolute atomic E-state index is 10.4. The Bertz CT molecular complexity index is 630. The zero-order valence-electron chi connectivity index (χ0n) is 15.9. The van der Waals surface area contributed by atoms with Crippen LogP contribution in [0.2, 0.25) is 0 Å². The van der Waals surface area contributed by atoms with E-state index >= 15 is 0 Å². The molecule has 0 aromatic heterocycles. The molecule has 0 aliphatic rings. The van der Waals surface area contributed by atoms with Crippen LogP contribution in [0.1, 0.15) is 5.56 Å². The van der Waals surface area contributed by atoms with Crippen molar-refractivity contribution in [1.29, 1.82) is 0 Å². The van der Waals surface area contributed by atoms with Crippen molar-refractivity contribution in [3.05, 3.63) is 29.8 Å². The Hall–Kier alpha value is -2.91. The van der Waals surface area contributed by atoms with Crippen LogP contribution in [0.5, 0.6) is 5.75 Å². The molecule has 13 N–H and O–H groups in total. The van der Waals surface area contributed by atoms with Gasteiger partial charge in [0.1, 0.15) is 17.8 Å². The number of rotatable bonds is 7. The van der Waals surface area contributed by atoms with Gasteiger partial charge in [0.2, 0.25) is 0 Å². The third kappa shape index (κ3) is 23.1. The molecule has 0 aliphatic carbocycles. The summed E-state index contributed by atoms with van der Waals surface area (Å²) in [6.07, 6.45) is 0.273. The Morgan fingerprint density at radius 3 is 1.33 bits per heavy atom. The summed E-state index contributed by atoms with van der Waals surface area (Å²) >= 11 is 3.65. The van der Waals surface area contributed by atoms with Crippen molar-refractivity contribution in [2.75, 3.05) is 18.8 Å². The molecule has 2 atom stereocenters. The van der Waals surface area contributed by atoms with E-state index in [1.807, 2.05) is 0 Å². The molecule has 0 amide bonds. The highest BCUT2D eigenvalue weighted by atomic mass is 32.1. The minimum Gasteiger partial charge on any atom is -0.508 e. The number of nitrogens with two attached hydrogens (primary N) is 4. The minimum absolute atomic E-state index is 0.160. The minimum atomic E-state index is -1.02. The molecule has 172 valence electrons. The van der Waals surface area contributed by atoms with Crippen molar-refractivity contribution in [2.45, 2.75) is 18.5 Å². The van der Waals surface area contributed by atoms with E-state index in [9.17, 15) is 19.2 Å². The standard InChI is InChI=1S/C9H11NO3.C3H7NO2S.2C2H5NO2/c10-8(9(12)13)5-6-1-3-7(11)4-2-6;4-2(1-7)3(5)6;2*3-1-2(4)5/h1-4,8,11H,5,10H2,(H,12,13);2,7H,1,4H2,(H,5,6);2*1,3H2,(H,4,5)/t8-;2-;;/m00../s1. The van der Waals surface area contributed by atoms with Gasteiger partial charge in [0.25, 0.3) is 0 Å². The molecule has 30 heavy (non-hydrogen) atoms. The Labute approximate surface area is 177 Å². The fourth-order valence-corrected chi connectivity index (χ4v) is 1.21. The smallest absolute Gasteiger partial charge is 0.321 e. The van der Waals surface area contributed by atoms with E-state index in [-0.39, 0.29) is 31.0 Å². The second-order valence-electron chi connectivity index (χ2n) is 5.14. The monoisotopic (exact) mass is 452 g/mol. The van der Waals surface area contributed by atoms with Gasteiger partial charge < -0.3 is 48.5 Å². The van der Waals surface area contributed by atoms with Gasteiger partial charge in [-0.2, -0.15) is 12.6 Å². The lowest BCUT2D eigenvalue weighted by Crippen LogP contribution is -2.32. The second kappa shape index (κ2) is 19.4. The fourth-order valence-electron chi connectivity index (χ4n) is 1.05. The van der Waals surface area contributed by atoms with Crippen LogP contribution >= 0.6 is 12.6 Å². The highest BCUT2D eigenvalue weighted by Gasteiger charge is 2.11. The third-order valence-corrected chi connectivity index (χ3v) is 2.97. The molecule has 0 heterocycles. The summed E-state index contributed by atoms with van der Waals surface area (Å²) in [5, 5.41) is 40.7. The summed E-state index contributed by atoms with van der Waals surface area (Å²) in [5.41, 5.74) is 20.2. The van der Waals surface area contributed by atoms with Crippen LogP contribution in [0, 0.1) is 0 Å². The summed E-state index contributed by atoms with van der Waals surface area (Å²) in [7, 11) is 0. The number of thiol groups is 1. The highest BCUT2D eigenvalue weighted by molar-refractivity contribution is 7.80. The number of phenolic OH excluding ortho intramolecular Hbond substituents is 1. The molecule has 14 heteroatoms. The van der Waals surface area contributed by atoms with Gasteiger partial charge in [0.05, 0.1) is 13.1 Å². The SMILES string of the molecule is NCC(=O)O.NCC(=O)O.N[C@@H](CS)C(=O)O.N[C@@H](Cc1ccc(O)cc1)C(=O)O. The first-order chi connectivity index (χ1) is 13.8. The number of hydrogen-bond donors (Lipinski definition) is 10. The largest absolute Gasteiger partial charge is 0.508 e. The van der Waals surface area contributed by atoms with E-state index in [1.165, 1.54) is 12.1 Å². The van der Waals surface area contributed by atoms with E-state index in [0.29, 0.717) is 0 Å². The average molecular weight is 452 g/mol. The van der Waals surface area contributed by atoms with Crippen LogP contribution in [-0.2, 0) is 25.6 Å². The van der Waals surface area contributed by atoms with Crippen molar-refractivity contribution >= 4 is 36.5 Å². The third-order valence-electron chi connectivity index (χ3n) is 2.57. The molecule has 0 fully saturated rings. The quantitative estimate of drug-likeness (QED) is 0.196. The van der Waals surface area contributed by atoms with Crippen molar-refractivity contribution < 1.29 is 44.7 Å². The van der Waals surface area contributed by atoms with E-state index in [1.54, 1.807) is 12.1 Å². The fraction of sp³-hybridized carbons (Fsp3) is 0.375. The summed E-state index contributed by atoms with van der Waals surface area (Å²) < 4.78 is 0. The molecule has 0 saturated heterocycles. The first-order valence-corrected chi connectivity index (χ1v) is 8.64. The highest BCUT2D eigenvalue weighted by Crippen LogP contribution is 2.10. The topological polar surface area (TPSA) is 274 Å². The van der Waals surface area contributed by atoms with Crippen LogP contribution in [0.15, 0.2) is 24.3 Å². The number of hydrogen-bond acceptors (Lipinski definition) is 10. The van der Waals surface area contributed by atoms with Gasteiger partial charge in [-0.15, -0.1) is 0 Å². The lowest BCUT2D eigenvalue weighted by Gasteiger charge is -2.05. The lowest BCUT2D eigenvalue weighted by atomic mass is 10.1. The molecule has 1 rings (SSSR count). The number of carboxylic acid groups (broad SMARTS) is 4. The van der Waals surface area contributed by atoms with Gasteiger partial charge in [-0.05, 0) is 24.1 Å². The van der Waals surface area contributed by atoms with Gasteiger partial charge in [-0.25, -0.2) is 0 Å². The predicted octanol–water partition coefficient (Wildman–Crippen LogP) is -2.27. The Morgan fingerprint density at radius 1 is 0.800 bits per heavy atom. The van der Waals surface area contributed by atoms with Crippen LogP contribution in [0.3, 0.4) is 0 Å². The molecule has 13 nitrogen and oxygen atoms in total. The van der Waals surface area contributed by atoms with Gasteiger partial charge in [0, 0.05) is 5.75 Å². The number of carboxylic acids is 4. The lowest BCUT2D eigenvalue weighted by molar-refractivity contribution is -0.139. The normalized spacial score (nSPS) is 11.0. The van der Waals surface area contributed by atoms with E-state index in [2.05, 4.69) is 24.1 Å². The summed E-state index contributed by atoms with van der Waals surface area (Å²) in [6, 6.07) is 4.61. The molecule has 0 aliphatic heterocycles. The van der Waals surface area contributed by atoms with Crippen LogP contribution in [0.25, 0.3) is 0 Å². The first kappa shape index (κ1) is 31.8. The summed E-state index contributed by atoms with van der Waals surface area (Å²) in [5.74, 6) is -3.61. The molecular weight excluding hydrogens is 424 g/mol. The molecule has 0 bridgehead atoms.